The van der Waals surface area contributed by atoms with Crippen LogP contribution in [0.3, 0.4) is 0 Å². The molecule has 0 bridgehead atoms. The van der Waals surface area contributed by atoms with Gasteiger partial charge in [-0.25, -0.2) is 9.78 Å². The van der Waals surface area contributed by atoms with E-state index in [2.05, 4.69) is 26.2 Å². The summed E-state index contributed by atoms with van der Waals surface area (Å²) in [6.45, 7) is 2.91. The number of ether oxygens (including phenoxy) is 1. The maximum atomic E-state index is 12.5. The van der Waals surface area contributed by atoms with Crippen molar-refractivity contribution in [2.24, 2.45) is 0 Å². The standard InChI is InChI=1S/C14H17BrN4O5/c1-2-24-14(21)13(20)18(10-3-5-16-6-4-10)12-11(19(22)23)7-9(15)8-17-12/h7-8,10,16H,2-6H2,1H3. The molecule has 1 N–H and O–H groups in total. The minimum atomic E-state index is -1.05. The van der Waals surface area contributed by atoms with Crippen molar-refractivity contribution >= 4 is 39.3 Å². The Kier molecular flexibility index (Phi) is 6.21. The van der Waals surface area contributed by atoms with Gasteiger partial charge in [0.05, 0.1) is 11.5 Å². The van der Waals surface area contributed by atoms with Gasteiger partial charge >= 0.3 is 17.6 Å². The predicted molar refractivity (Wildman–Crippen MR) is 88.6 cm³/mol. The second-order valence-corrected chi connectivity index (χ2v) is 6.05. The van der Waals surface area contributed by atoms with E-state index in [1.165, 1.54) is 12.3 Å². The number of carbonyl (C=O) groups is 2. The fourth-order valence-corrected chi connectivity index (χ4v) is 2.85. The van der Waals surface area contributed by atoms with E-state index in [0.29, 0.717) is 30.4 Å². The summed E-state index contributed by atoms with van der Waals surface area (Å²) in [7, 11) is 0. The lowest BCUT2D eigenvalue weighted by Gasteiger charge is -2.32. The number of amides is 1. The molecule has 2 rings (SSSR count). The molecular formula is C14H17BrN4O5. The Bertz CT molecular complexity index is 648. The molecule has 10 heteroatoms. The van der Waals surface area contributed by atoms with Gasteiger partial charge in [-0.3, -0.25) is 19.8 Å². The summed E-state index contributed by atoms with van der Waals surface area (Å²) < 4.78 is 5.18. The van der Waals surface area contributed by atoms with Crippen LogP contribution in [0.15, 0.2) is 16.7 Å². The van der Waals surface area contributed by atoms with Crippen LogP contribution in [0.1, 0.15) is 19.8 Å². The summed E-state index contributed by atoms with van der Waals surface area (Å²) in [5, 5.41) is 14.5. The minimum Gasteiger partial charge on any atom is -0.459 e. The number of hydrogen-bond acceptors (Lipinski definition) is 7. The molecule has 1 aromatic rings. The molecule has 0 aliphatic carbocycles. The van der Waals surface area contributed by atoms with E-state index < -0.39 is 16.8 Å². The molecule has 1 aromatic heterocycles. The molecule has 9 nitrogen and oxygen atoms in total. The average Bonchev–Trinajstić information content (AvgIpc) is 2.57. The van der Waals surface area contributed by atoms with Crippen molar-refractivity contribution in [3.05, 3.63) is 26.9 Å². The highest BCUT2D eigenvalue weighted by atomic mass is 79.9. The van der Waals surface area contributed by atoms with Gasteiger partial charge in [0.2, 0.25) is 5.82 Å². The lowest BCUT2D eigenvalue weighted by molar-refractivity contribution is -0.384. The minimum absolute atomic E-state index is 0.0422. The summed E-state index contributed by atoms with van der Waals surface area (Å²) >= 11 is 3.13. The van der Waals surface area contributed by atoms with Gasteiger partial charge in [0.15, 0.2) is 0 Å². The topological polar surface area (TPSA) is 115 Å². The first-order valence-electron chi connectivity index (χ1n) is 7.46. The van der Waals surface area contributed by atoms with Crippen LogP contribution in [-0.2, 0) is 14.3 Å². The number of rotatable bonds is 4. The van der Waals surface area contributed by atoms with Crippen molar-refractivity contribution in [1.82, 2.24) is 10.3 Å². The van der Waals surface area contributed by atoms with E-state index in [1.807, 2.05) is 0 Å². The van der Waals surface area contributed by atoms with E-state index in [0.717, 1.165) is 4.90 Å². The monoisotopic (exact) mass is 400 g/mol. The molecule has 1 aliphatic heterocycles. The molecule has 0 unspecified atom stereocenters. The van der Waals surface area contributed by atoms with Gasteiger partial charge in [-0.1, -0.05) is 0 Å². The number of pyridine rings is 1. The van der Waals surface area contributed by atoms with Crippen molar-refractivity contribution in [3.63, 3.8) is 0 Å². The van der Waals surface area contributed by atoms with Gasteiger partial charge in [0.25, 0.3) is 0 Å². The van der Waals surface area contributed by atoms with Gasteiger partial charge in [0, 0.05) is 22.8 Å². The van der Waals surface area contributed by atoms with Crippen molar-refractivity contribution in [2.75, 3.05) is 24.6 Å². The Labute approximate surface area is 146 Å². The lowest BCUT2D eigenvalue weighted by Crippen LogP contribution is -2.49. The highest BCUT2D eigenvalue weighted by Crippen LogP contribution is 2.31. The van der Waals surface area contributed by atoms with Crippen LogP contribution in [0.4, 0.5) is 11.5 Å². The van der Waals surface area contributed by atoms with Gasteiger partial charge in [-0.05, 0) is 48.8 Å². The number of halogens is 1. The Hall–Kier alpha value is -2.07. The number of anilines is 1. The molecule has 1 fully saturated rings. The third kappa shape index (κ3) is 4.06. The summed E-state index contributed by atoms with van der Waals surface area (Å²) in [6, 6.07) is 0.894. The second kappa shape index (κ2) is 8.15. The van der Waals surface area contributed by atoms with Crippen LogP contribution in [0.2, 0.25) is 0 Å². The molecule has 2 heterocycles. The number of nitro groups is 1. The van der Waals surface area contributed by atoms with Crippen LogP contribution in [0, 0.1) is 10.1 Å². The lowest BCUT2D eigenvalue weighted by atomic mass is 10.0. The number of carbonyl (C=O) groups excluding carboxylic acids is 2. The Balaban J connectivity index is 2.47. The molecule has 0 radical (unpaired) electrons. The summed E-state index contributed by atoms with van der Waals surface area (Å²) in [6.07, 6.45) is 2.47. The fraction of sp³-hybridized carbons (Fsp3) is 0.500. The fourth-order valence-electron chi connectivity index (χ4n) is 2.53. The van der Waals surface area contributed by atoms with E-state index in [-0.39, 0.29) is 24.2 Å². The number of aromatic nitrogens is 1. The molecular weight excluding hydrogens is 384 g/mol. The molecule has 1 saturated heterocycles. The van der Waals surface area contributed by atoms with Crippen molar-refractivity contribution in [1.29, 1.82) is 0 Å². The van der Waals surface area contributed by atoms with Crippen molar-refractivity contribution in [3.8, 4) is 0 Å². The number of nitrogens with one attached hydrogen (secondary N) is 1. The van der Waals surface area contributed by atoms with Crippen molar-refractivity contribution < 1.29 is 19.2 Å². The predicted octanol–water partition coefficient (Wildman–Crippen LogP) is 1.40. The van der Waals surface area contributed by atoms with Gasteiger partial charge < -0.3 is 10.1 Å². The summed E-state index contributed by atoms with van der Waals surface area (Å²) in [4.78, 5) is 40.3. The highest BCUT2D eigenvalue weighted by molar-refractivity contribution is 9.10. The Morgan fingerprint density at radius 1 is 1.50 bits per heavy atom. The van der Waals surface area contributed by atoms with Crippen LogP contribution >= 0.6 is 15.9 Å². The van der Waals surface area contributed by atoms with Crippen LogP contribution in [0.5, 0.6) is 0 Å². The van der Waals surface area contributed by atoms with Crippen molar-refractivity contribution in [2.45, 2.75) is 25.8 Å². The highest BCUT2D eigenvalue weighted by Gasteiger charge is 2.36. The van der Waals surface area contributed by atoms with Crippen LogP contribution < -0.4 is 10.2 Å². The second-order valence-electron chi connectivity index (χ2n) is 5.13. The normalized spacial score (nSPS) is 14.9. The molecule has 0 atom stereocenters. The first kappa shape index (κ1) is 18.3. The zero-order valence-electron chi connectivity index (χ0n) is 13.0. The van der Waals surface area contributed by atoms with E-state index in [1.54, 1.807) is 6.92 Å². The maximum Gasteiger partial charge on any atom is 0.397 e. The third-order valence-corrected chi connectivity index (χ3v) is 4.02. The smallest absolute Gasteiger partial charge is 0.397 e. The quantitative estimate of drug-likeness (QED) is 0.351. The van der Waals surface area contributed by atoms with E-state index in [9.17, 15) is 19.7 Å². The molecule has 0 aromatic carbocycles. The number of nitrogens with zero attached hydrogens (tertiary/aromatic N) is 3. The molecule has 24 heavy (non-hydrogen) atoms. The number of hydrogen-bond donors (Lipinski definition) is 1. The number of esters is 1. The van der Waals surface area contributed by atoms with E-state index >= 15 is 0 Å². The Morgan fingerprint density at radius 2 is 2.17 bits per heavy atom. The maximum absolute atomic E-state index is 12.5. The molecule has 130 valence electrons. The van der Waals surface area contributed by atoms with Crippen LogP contribution in [0.25, 0.3) is 0 Å². The first-order valence-corrected chi connectivity index (χ1v) is 8.26. The van der Waals surface area contributed by atoms with E-state index in [4.69, 9.17) is 4.74 Å². The van der Waals surface area contributed by atoms with Gasteiger partial charge in [-0.2, -0.15) is 0 Å². The SMILES string of the molecule is CCOC(=O)C(=O)N(c1ncc(Br)cc1[N+](=O)[O-])C1CCNCC1. The molecule has 1 amide bonds. The molecule has 0 saturated carbocycles. The first-order chi connectivity index (χ1) is 11.5. The van der Waals surface area contributed by atoms with Gasteiger partial charge in [0.1, 0.15) is 0 Å². The zero-order chi connectivity index (χ0) is 17.7. The average molecular weight is 401 g/mol. The molecule has 0 spiro atoms. The zero-order valence-corrected chi connectivity index (χ0v) is 14.6. The third-order valence-electron chi connectivity index (χ3n) is 3.58. The van der Waals surface area contributed by atoms with Gasteiger partial charge in [-0.15, -0.1) is 0 Å². The summed E-state index contributed by atoms with van der Waals surface area (Å²) in [5.41, 5.74) is -0.347. The number of piperidine rings is 1. The molecule has 1 aliphatic rings. The summed E-state index contributed by atoms with van der Waals surface area (Å²) in [5.74, 6) is -2.13. The largest absolute Gasteiger partial charge is 0.459 e. The Morgan fingerprint density at radius 3 is 2.75 bits per heavy atom. The van der Waals surface area contributed by atoms with Crippen LogP contribution in [-0.4, -0.2) is 47.5 Å².